The summed E-state index contributed by atoms with van der Waals surface area (Å²) in [6.45, 7) is 5.58. The van der Waals surface area contributed by atoms with Gasteiger partial charge in [-0.2, -0.15) is 0 Å². The molecule has 2 aliphatic carbocycles. The van der Waals surface area contributed by atoms with Crippen molar-refractivity contribution in [2.24, 2.45) is 23.0 Å². The molecule has 2 unspecified atom stereocenters. The number of carbonyl (C=O) groups is 2. The van der Waals surface area contributed by atoms with Crippen LogP contribution >= 0.6 is 11.3 Å². The van der Waals surface area contributed by atoms with Crippen molar-refractivity contribution in [1.82, 2.24) is 10.3 Å². The number of nitrogens with one attached hydrogen (secondary N) is 2. The maximum absolute atomic E-state index is 12.5. The van der Waals surface area contributed by atoms with Crippen LogP contribution in [0.15, 0.2) is 5.38 Å². The lowest BCUT2D eigenvalue weighted by atomic mass is 9.67. The highest BCUT2D eigenvalue weighted by Gasteiger charge is 2.39. The molecule has 7 heteroatoms. The number of aromatic nitrogens is 1. The summed E-state index contributed by atoms with van der Waals surface area (Å²) in [5, 5.41) is 8.46. The number of thiazole rings is 1. The van der Waals surface area contributed by atoms with Crippen LogP contribution in [0.2, 0.25) is 0 Å². The summed E-state index contributed by atoms with van der Waals surface area (Å²) in [7, 11) is 0. The molecular weight excluding hydrogens is 348 g/mol. The minimum atomic E-state index is -0.469. The van der Waals surface area contributed by atoms with E-state index in [1.165, 1.54) is 17.8 Å². The standard InChI is InChI=1S/C19H30N4O2S/c1-19(2,3)17(25)23-18-21-14(10-26-18)9-15(24)22-16-11-5-4-6-12(16)8-13(20)7-11/h10-13,16H,4-9,20H2,1-3H3,(H,22,24)(H,21,23,25). The Balaban J connectivity index is 1.55. The lowest BCUT2D eigenvalue weighted by molar-refractivity contribution is -0.123. The molecular formula is C19H30N4O2S. The summed E-state index contributed by atoms with van der Waals surface area (Å²) < 4.78 is 0. The van der Waals surface area contributed by atoms with Gasteiger partial charge >= 0.3 is 0 Å². The first kappa shape index (κ1) is 19.3. The minimum absolute atomic E-state index is 0.0152. The second-order valence-electron chi connectivity index (χ2n) is 8.80. The van der Waals surface area contributed by atoms with Crippen LogP contribution in [0.4, 0.5) is 5.13 Å². The van der Waals surface area contributed by atoms with Crippen molar-refractivity contribution in [3.05, 3.63) is 11.1 Å². The average molecular weight is 379 g/mol. The normalized spacial score (nSPS) is 28.5. The largest absolute Gasteiger partial charge is 0.352 e. The molecule has 2 saturated carbocycles. The summed E-state index contributed by atoms with van der Waals surface area (Å²) in [5.74, 6) is 0.965. The molecule has 26 heavy (non-hydrogen) atoms. The number of carbonyl (C=O) groups excluding carboxylic acids is 2. The predicted octanol–water partition coefficient (Wildman–Crippen LogP) is 2.69. The van der Waals surface area contributed by atoms with Crippen molar-refractivity contribution in [3.8, 4) is 0 Å². The molecule has 1 aromatic heterocycles. The number of hydrogen-bond acceptors (Lipinski definition) is 5. The Kier molecular flexibility index (Phi) is 5.67. The molecule has 2 bridgehead atoms. The van der Waals surface area contributed by atoms with E-state index >= 15 is 0 Å². The first-order valence-corrected chi connectivity index (χ1v) is 10.4. The van der Waals surface area contributed by atoms with Crippen molar-refractivity contribution in [1.29, 1.82) is 0 Å². The van der Waals surface area contributed by atoms with E-state index in [1.54, 1.807) is 0 Å². The molecule has 2 aliphatic rings. The Morgan fingerprint density at radius 3 is 2.54 bits per heavy atom. The Labute approximate surface area is 159 Å². The molecule has 0 aromatic carbocycles. The van der Waals surface area contributed by atoms with Crippen molar-refractivity contribution in [2.75, 3.05) is 5.32 Å². The van der Waals surface area contributed by atoms with E-state index in [4.69, 9.17) is 5.73 Å². The van der Waals surface area contributed by atoms with Gasteiger partial charge in [-0.25, -0.2) is 4.98 Å². The molecule has 1 heterocycles. The Morgan fingerprint density at radius 1 is 1.27 bits per heavy atom. The molecule has 2 fully saturated rings. The predicted molar refractivity (Wildman–Crippen MR) is 104 cm³/mol. The van der Waals surface area contributed by atoms with Crippen LogP contribution in [-0.2, 0) is 16.0 Å². The molecule has 2 amide bonds. The first-order valence-electron chi connectivity index (χ1n) is 9.53. The molecule has 6 nitrogen and oxygen atoms in total. The number of nitrogens with two attached hydrogens (primary N) is 1. The SMILES string of the molecule is CC(C)(C)C(=O)Nc1nc(CC(=O)NC2C3CCCC2CC(N)C3)cs1. The van der Waals surface area contributed by atoms with Crippen molar-refractivity contribution < 1.29 is 9.59 Å². The highest BCUT2D eigenvalue weighted by molar-refractivity contribution is 7.13. The number of anilines is 1. The van der Waals surface area contributed by atoms with E-state index in [9.17, 15) is 9.59 Å². The minimum Gasteiger partial charge on any atom is -0.352 e. The van der Waals surface area contributed by atoms with Gasteiger partial charge < -0.3 is 16.4 Å². The summed E-state index contributed by atoms with van der Waals surface area (Å²) in [6, 6.07) is 0.542. The van der Waals surface area contributed by atoms with Crippen molar-refractivity contribution in [2.45, 2.75) is 71.4 Å². The fourth-order valence-electron chi connectivity index (χ4n) is 4.16. The number of hydrogen-bond donors (Lipinski definition) is 3. The second-order valence-corrected chi connectivity index (χ2v) is 9.66. The highest BCUT2D eigenvalue weighted by Crippen LogP contribution is 2.39. The second kappa shape index (κ2) is 7.64. The van der Waals surface area contributed by atoms with Crippen LogP contribution in [0.3, 0.4) is 0 Å². The Hall–Kier alpha value is -1.47. The lowest BCUT2D eigenvalue weighted by Gasteiger charge is -2.45. The molecule has 0 aliphatic heterocycles. The van der Waals surface area contributed by atoms with Crippen molar-refractivity contribution in [3.63, 3.8) is 0 Å². The third-order valence-electron chi connectivity index (χ3n) is 5.50. The van der Waals surface area contributed by atoms with Gasteiger partial charge in [0.25, 0.3) is 0 Å². The van der Waals surface area contributed by atoms with Gasteiger partial charge in [-0.1, -0.05) is 27.2 Å². The lowest BCUT2D eigenvalue weighted by Crippen LogP contribution is -2.54. The number of amides is 2. The van der Waals surface area contributed by atoms with Gasteiger partial charge in [0, 0.05) is 22.9 Å². The molecule has 0 radical (unpaired) electrons. The smallest absolute Gasteiger partial charge is 0.231 e. The number of fused-ring (bicyclic) bond motifs is 2. The number of rotatable bonds is 4. The molecule has 4 N–H and O–H groups in total. The van der Waals surface area contributed by atoms with Gasteiger partial charge in [0.05, 0.1) is 12.1 Å². The fraction of sp³-hybridized carbons (Fsp3) is 0.737. The van der Waals surface area contributed by atoms with E-state index in [-0.39, 0.29) is 30.3 Å². The Bertz CT molecular complexity index is 653. The molecule has 1 aromatic rings. The van der Waals surface area contributed by atoms with Gasteiger partial charge in [0.1, 0.15) is 0 Å². The van der Waals surface area contributed by atoms with Gasteiger partial charge in [0.15, 0.2) is 5.13 Å². The van der Waals surface area contributed by atoms with Gasteiger partial charge in [-0.15, -0.1) is 11.3 Å². The number of nitrogens with zero attached hydrogens (tertiary/aromatic N) is 1. The van der Waals surface area contributed by atoms with Crippen LogP contribution in [0, 0.1) is 17.3 Å². The zero-order chi connectivity index (χ0) is 18.9. The zero-order valence-corrected chi connectivity index (χ0v) is 16.7. The highest BCUT2D eigenvalue weighted by atomic mass is 32.1. The summed E-state index contributed by atoms with van der Waals surface area (Å²) in [5.41, 5.74) is 6.39. The summed E-state index contributed by atoms with van der Waals surface area (Å²) in [4.78, 5) is 28.9. The third kappa shape index (κ3) is 4.62. The monoisotopic (exact) mass is 378 g/mol. The van der Waals surface area contributed by atoms with Gasteiger partial charge in [0.2, 0.25) is 11.8 Å². The first-order chi connectivity index (χ1) is 12.2. The van der Waals surface area contributed by atoms with E-state index in [2.05, 4.69) is 15.6 Å². The van der Waals surface area contributed by atoms with Crippen molar-refractivity contribution >= 4 is 28.3 Å². The maximum atomic E-state index is 12.5. The van der Waals surface area contributed by atoms with Crippen LogP contribution < -0.4 is 16.4 Å². The Morgan fingerprint density at radius 2 is 1.92 bits per heavy atom. The van der Waals surface area contributed by atoms with Crippen LogP contribution in [-0.4, -0.2) is 28.9 Å². The molecule has 0 saturated heterocycles. The summed E-state index contributed by atoms with van der Waals surface area (Å²) in [6.07, 6.45) is 5.85. The topological polar surface area (TPSA) is 97.1 Å². The van der Waals surface area contributed by atoms with E-state index < -0.39 is 5.41 Å². The molecule has 2 atom stereocenters. The molecule has 0 spiro atoms. The average Bonchev–Trinajstić information content (AvgIpc) is 2.94. The van der Waals surface area contributed by atoms with E-state index in [1.807, 2.05) is 26.2 Å². The van der Waals surface area contributed by atoms with Gasteiger partial charge in [-0.3, -0.25) is 9.59 Å². The van der Waals surface area contributed by atoms with Crippen LogP contribution in [0.1, 0.15) is 58.6 Å². The third-order valence-corrected chi connectivity index (χ3v) is 6.31. The van der Waals surface area contributed by atoms with E-state index in [0.29, 0.717) is 22.7 Å². The maximum Gasteiger partial charge on any atom is 0.231 e. The zero-order valence-electron chi connectivity index (χ0n) is 15.9. The van der Waals surface area contributed by atoms with E-state index in [0.717, 1.165) is 25.7 Å². The fourth-order valence-corrected chi connectivity index (χ4v) is 4.86. The van der Waals surface area contributed by atoms with Crippen LogP contribution in [0.5, 0.6) is 0 Å². The van der Waals surface area contributed by atoms with Gasteiger partial charge in [-0.05, 0) is 37.5 Å². The quantitative estimate of drug-likeness (QED) is 0.750. The summed E-state index contributed by atoms with van der Waals surface area (Å²) >= 11 is 1.36. The molecule has 144 valence electrons. The van der Waals surface area contributed by atoms with Crippen LogP contribution in [0.25, 0.3) is 0 Å². The molecule has 3 rings (SSSR count).